The van der Waals surface area contributed by atoms with Crippen molar-refractivity contribution in [3.63, 3.8) is 0 Å². The molecular weight excluding hydrogens is 604 g/mol. The van der Waals surface area contributed by atoms with Gasteiger partial charge in [0.2, 0.25) is 0 Å². The highest BCUT2D eigenvalue weighted by Crippen LogP contribution is 2.45. The lowest BCUT2D eigenvalue weighted by Gasteiger charge is -2.32. The molecule has 0 spiro atoms. The Bertz CT molecular complexity index is 1870. The lowest BCUT2D eigenvalue weighted by Crippen LogP contribution is -2.38. The Morgan fingerprint density at radius 3 is 2.77 bits per heavy atom. The topological polar surface area (TPSA) is 73.0 Å². The van der Waals surface area contributed by atoms with Gasteiger partial charge in [-0.3, -0.25) is 10.00 Å². The number of hydrogen-bond donors (Lipinski definition) is 2. The third kappa shape index (κ3) is 5.65. The number of benzene rings is 2. The monoisotopic (exact) mass is 653 g/mol. The minimum Gasteiger partial charge on any atom is -0.388 e. The van der Waals surface area contributed by atoms with Gasteiger partial charge in [0, 0.05) is 60.2 Å². The molecule has 2 unspecified atom stereocenters. The predicted octanol–water partition coefficient (Wildman–Crippen LogP) is 8.00. The van der Waals surface area contributed by atoms with E-state index in [-0.39, 0.29) is 16.6 Å². The minimum atomic E-state index is -0.592. The molecule has 0 aliphatic carbocycles. The molecule has 2 aromatic carbocycles. The van der Waals surface area contributed by atoms with E-state index < -0.39 is 11.6 Å². The van der Waals surface area contributed by atoms with E-state index in [2.05, 4.69) is 38.8 Å². The van der Waals surface area contributed by atoms with Gasteiger partial charge in [-0.05, 0) is 113 Å². The van der Waals surface area contributed by atoms with Crippen molar-refractivity contribution in [3.8, 4) is 11.1 Å². The van der Waals surface area contributed by atoms with E-state index in [4.69, 9.17) is 9.97 Å². The Balaban J connectivity index is 1.31. The second-order valence-corrected chi connectivity index (χ2v) is 15.4. The van der Waals surface area contributed by atoms with E-state index in [1.807, 2.05) is 13.0 Å². The van der Waals surface area contributed by atoms with Crippen LogP contribution in [0.3, 0.4) is 0 Å². The largest absolute Gasteiger partial charge is 0.388 e. The molecule has 9 heteroatoms. The van der Waals surface area contributed by atoms with E-state index in [1.54, 1.807) is 6.20 Å². The summed E-state index contributed by atoms with van der Waals surface area (Å²) >= 11 is 0. The maximum atomic E-state index is 17.4. The average molecular weight is 654 g/mol. The lowest BCUT2D eigenvalue weighted by atomic mass is 9.86. The van der Waals surface area contributed by atoms with E-state index in [0.29, 0.717) is 47.3 Å². The number of rotatable bonds is 3. The van der Waals surface area contributed by atoms with Gasteiger partial charge < -0.3 is 10.2 Å². The van der Waals surface area contributed by atoms with Gasteiger partial charge in [-0.15, -0.1) is 0 Å². The summed E-state index contributed by atoms with van der Waals surface area (Å²) < 4.78 is 34.1. The molecule has 3 fully saturated rings. The van der Waals surface area contributed by atoms with Crippen LogP contribution in [0.25, 0.3) is 32.9 Å². The van der Waals surface area contributed by atoms with Crippen LogP contribution in [0, 0.1) is 30.4 Å². The number of nitrogens with zero attached hydrogens (tertiary/aromatic N) is 5. The summed E-state index contributed by atoms with van der Waals surface area (Å²) in [5, 5.41) is 12.2. The van der Waals surface area contributed by atoms with Crippen LogP contribution in [0.2, 0.25) is 0 Å². The number of aromatic nitrogens is 4. The Labute approximate surface area is 282 Å². The molecule has 3 saturated heterocycles. The Hall–Kier alpha value is -3.59. The van der Waals surface area contributed by atoms with Crippen LogP contribution in [-0.2, 0) is 12.8 Å². The molecule has 48 heavy (non-hydrogen) atoms. The molecule has 2 aromatic heterocycles. The molecule has 5 aliphatic heterocycles. The molecule has 6 bridgehead atoms. The molecule has 4 aromatic rings. The van der Waals surface area contributed by atoms with Crippen molar-refractivity contribution in [2.24, 2.45) is 11.8 Å². The highest BCUT2D eigenvalue weighted by Gasteiger charge is 2.46. The van der Waals surface area contributed by atoms with Crippen molar-refractivity contribution in [1.82, 2.24) is 30.4 Å². The molecule has 9 rings (SSSR count). The fourth-order valence-corrected chi connectivity index (χ4v) is 9.62. The molecule has 7 heterocycles. The summed E-state index contributed by atoms with van der Waals surface area (Å²) in [6, 6.07) is 3.56. The number of halogens is 2. The van der Waals surface area contributed by atoms with E-state index in [9.17, 15) is 0 Å². The fourth-order valence-electron chi connectivity index (χ4n) is 9.62. The van der Waals surface area contributed by atoms with Crippen molar-refractivity contribution in [3.05, 3.63) is 59.2 Å². The first-order valence-corrected chi connectivity index (χ1v) is 18.4. The highest BCUT2D eigenvalue weighted by molar-refractivity contribution is 6.01. The van der Waals surface area contributed by atoms with Crippen molar-refractivity contribution in [2.75, 3.05) is 37.6 Å². The Kier molecular flexibility index (Phi) is 8.38. The van der Waals surface area contributed by atoms with Gasteiger partial charge >= 0.3 is 0 Å². The standard InChI is InChI=1S/C39H49F2N7/c1-24-19-39(13-8-16-48(39)22-24)14-12-33-44-37-29-18-31(40)35(36(37)41)34-28(25(2)17-32-30(34)21-43-46-32)11-5-4-9-26(3)42-20-27-10-6-7-15-47(23-27)38(29)45-33/h17-18,21,24,27,42H,3-16,19-20,22-23H2,1-2H3,(H,43,46)/t24?,27?,39-/m1/s1. The van der Waals surface area contributed by atoms with Crippen molar-refractivity contribution >= 4 is 27.6 Å². The molecule has 5 aliphatic rings. The van der Waals surface area contributed by atoms with Crippen LogP contribution >= 0.6 is 0 Å². The number of aryl methyl sites for hydroxylation is 2. The first kappa shape index (κ1) is 31.7. The van der Waals surface area contributed by atoms with Gasteiger partial charge in [-0.2, -0.15) is 5.10 Å². The smallest absolute Gasteiger partial charge is 0.160 e. The van der Waals surface area contributed by atoms with Gasteiger partial charge in [0.1, 0.15) is 23.0 Å². The zero-order chi connectivity index (χ0) is 33.0. The van der Waals surface area contributed by atoms with Crippen LogP contribution < -0.4 is 10.2 Å². The molecule has 0 amide bonds. The Morgan fingerprint density at radius 2 is 1.88 bits per heavy atom. The summed E-state index contributed by atoms with van der Waals surface area (Å²) in [4.78, 5) is 15.1. The van der Waals surface area contributed by atoms with Crippen LogP contribution in [0.15, 0.2) is 30.6 Å². The summed E-state index contributed by atoms with van der Waals surface area (Å²) in [6.07, 6.45) is 13.6. The predicted molar refractivity (Wildman–Crippen MR) is 189 cm³/mol. The number of nitrogens with one attached hydrogen (secondary N) is 2. The zero-order valence-corrected chi connectivity index (χ0v) is 28.6. The third-order valence-corrected chi connectivity index (χ3v) is 11.9. The zero-order valence-electron chi connectivity index (χ0n) is 28.6. The van der Waals surface area contributed by atoms with Crippen LogP contribution in [0.4, 0.5) is 14.6 Å². The van der Waals surface area contributed by atoms with E-state index >= 15 is 8.78 Å². The molecule has 254 valence electrons. The van der Waals surface area contributed by atoms with Crippen molar-refractivity contribution in [2.45, 2.75) is 96.4 Å². The second-order valence-electron chi connectivity index (χ2n) is 15.4. The summed E-state index contributed by atoms with van der Waals surface area (Å²) in [7, 11) is 0. The maximum absolute atomic E-state index is 17.4. The van der Waals surface area contributed by atoms with Crippen LogP contribution in [-0.4, -0.2) is 63.3 Å². The second kappa shape index (κ2) is 12.7. The van der Waals surface area contributed by atoms with Crippen molar-refractivity contribution in [1.29, 1.82) is 0 Å². The number of allylic oxidation sites excluding steroid dienone is 1. The number of hydrogen-bond acceptors (Lipinski definition) is 6. The average Bonchev–Trinajstić information content (AvgIpc) is 3.70. The Morgan fingerprint density at radius 1 is 1.00 bits per heavy atom. The third-order valence-electron chi connectivity index (χ3n) is 11.9. The molecule has 0 saturated carbocycles. The quantitative estimate of drug-likeness (QED) is 0.234. The molecule has 2 N–H and O–H groups in total. The van der Waals surface area contributed by atoms with Crippen LogP contribution in [0.1, 0.15) is 88.1 Å². The first-order chi connectivity index (χ1) is 23.3. The number of anilines is 1. The van der Waals surface area contributed by atoms with Crippen LogP contribution in [0.5, 0.6) is 0 Å². The molecule has 0 radical (unpaired) electrons. The number of aromatic amines is 1. The summed E-state index contributed by atoms with van der Waals surface area (Å²) in [6.45, 7) is 13.5. The number of fused-ring (bicyclic) bond motifs is 9. The normalized spacial score (nSPS) is 25.4. The molecule has 7 nitrogen and oxygen atoms in total. The SMILES string of the molecule is C=C1CCCCc2c(C)cc3[nH]ncc3c2-c2c(F)cc3c(nc(CC[C@@]45CCCN4CC(C)C5)nc3c2F)N2CCCCC(CN1)C2. The van der Waals surface area contributed by atoms with Gasteiger partial charge in [0.15, 0.2) is 5.82 Å². The highest BCUT2D eigenvalue weighted by atomic mass is 19.1. The summed E-state index contributed by atoms with van der Waals surface area (Å²) in [5.74, 6) is 1.24. The van der Waals surface area contributed by atoms with Gasteiger partial charge in [-0.1, -0.05) is 19.9 Å². The number of H-pyrrole nitrogens is 1. The van der Waals surface area contributed by atoms with Gasteiger partial charge in [0.25, 0.3) is 0 Å². The van der Waals surface area contributed by atoms with Gasteiger partial charge in [0.05, 0.1) is 17.3 Å². The lowest BCUT2D eigenvalue weighted by molar-refractivity contribution is 0.181. The fraction of sp³-hybridized carbons (Fsp3) is 0.564. The van der Waals surface area contributed by atoms with E-state index in [1.165, 1.54) is 25.3 Å². The minimum absolute atomic E-state index is 0.00230. The molecular formula is C39H49F2N7. The van der Waals surface area contributed by atoms with Gasteiger partial charge in [-0.25, -0.2) is 18.7 Å². The first-order valence-electron chi connectivity index (χ1n) is 18.4. The van der Waals surface area contributed by atoms with Crippen molar-refractivity contribution < 1.29 is 8.78 Å². The maximum Gasteiger partial charge on any atom is 0.160 e. The van der Waals surface area contributed by atoms with E-state index in [0.717, 1.165) is 105 Å². The summed E-state index contributed by atoms with van der Waals surface area (Å²) in [5.41, 5.74) is 4.81. The molecule has 3 atom stereocenters.